The number of thioether (sulfide) groups is 1. The van der Waals surface area contributed by atoms with Crippen LogP contribution < -0.4 is 4.74 Å². The Balaban J connectivity index is 1.79. The number of benzene rings is 2. The summed E-state index contributed by atoms with van der Waals surface area (Å²) < 4.78 is 6.24. The lowest BCUT2D eigenvalue weighted by molar-refractivity contribution is -0.137. The van der Waals surface area contributed by atoms with Crippen LogP contribution in [0.4, 0.5) is 0 Å². The van der Waals surface area contributed by atoms with Crippen LogP contribution in [0.1, 0.15) is 23.1 Å². The van der Waals surface area contributed by atoms with Gasteiger partial charge in [-0.05, 0) is 18.2 Å². The molecule has 0 unspecified atom stereocenters. The molecule has 3 rings (SSSR count). The molecule has 146 valence electrons. The summed E-state index contributed by atoms with van der Waals surface area (Å²) in [5.74, 6) is -0.735. The van der Waals surface area contributed by atoms with Gasteiger partial charge < -0.3 is 9.84 Å². The van der Waals surface area contributed by atoms with Crippen molar-refractivity contribution in [2.24, 2.45) is 0 Å². The molecule has 0 spiro atoms. The Morgan fingerprint density at radius 3 is 2.72 bits per heavy atom. The average Bonchev–Trinajstić information content (AvgIpc) is 2.98. The van der Waals surface area contributed by atoms with E-state index in [1.54, 1.807) is 24.3 Å². The summed E-state index contributed by atoms with van der Waals surface area (Å²) in [4.78, 5) is 25.1. The van der Waals surface area contributed by atoms with E-state index in [1.165, 1.54) is 4.90 Å². The second-order valence-electron chi connectivity index (χ2n) is 6.07. The molecule has 1 fully saturated rings. The Bertz CT molecular complexity index is 1040. The van der Waals surface area contributed by atoms with Crippen molar-refractivity contribution >= 4 is 46.3 Å². The van der Waals surface area contributed by atoms with Gasteiger partial charge in [-0.15, -0.1) is 0 Å². The highest BCUT2D eigenvalue weighted by Crippen LogP contribution is 2.34. The van der Waals surface area contributed by atoms with Crippen LogP contribution >= 0.6 is 24.0 Å². The first kappa shape index (κ1) is 20.6. The van der Waals surface area contributed by atoms with Gasteiger partial charge in [-0.25, -0.2) is 0 Å². The van der Waals surface area contributed by atoms with Crippen molar-refractivity contribution in [3.05, 3.63) is 70.1 Å². The molecule has 2 aromatic rings. The third-order valence-corrected chi connectivity index (χ3v) is 5.53. The van der Waals surface area contributed by atoms with Gasteiger partial charge in [-0.1, -0.05) is 60.4 Å². The molecule has 1 amide bonds. The third-order valence-electron chi connectivity index (χ3n) is 4.15. The number of rotatable bonds is 7. The lowest BCUT2D eigenvalue weighted by Gasteiger charge is -2.12. The van der Waals surface area contributed by atoms with Crippen molar-refractivity contribution in [2.75, 3.05) is 6.54 Å². The van der Waals surface area contributed by atoms with Crippen molar-refractivity contribution in [3.63, 3.8) is 0 Å². The highest BCUT2D eigenvalue weighted by molar-refractivity contribution is 8.26. The second-order valence-corrected chi connectivity index (χ2v) is 7.75. The fraction of sp³-hybridized carbons (Fsp3) is 0.143. The zero-order valence-corrected chi connectivity index (χ0v) is 16.8. The van der Waals surface area contributed by atoms with Crippen LogP contribution in [-0.2, 0) is 16.2 Å². The molecule has 1 aliphatic heterocycles. The standard InChI is InChI=1S/C21H16N2O4S2/c22-12-15-6-1-2-7-16(15)13-27-17-8-4-3-5-14(17)11-18-20(26)23(21(28)29-18)10-9-19(24)25/h1-8,11H,9-10,13H2,(H,24,25)/b18-11+. The van der Waals surface area contributed by atoms with Crippen molar-refractivity contribution in [3.8, 4) is 11.8 Å². The molecule has 0 bridgehead atoms. The smallest absolute Gasteiger partial charge is 0.305 e. The number of para-hydroxylation sites is 1. The van der Waals surface area contributed by atoms with Gasteiger partial charge in [0.15, 0.2) is 0 Å². The van der Waals surface area contributed by atoms with Crippen molar-refractivity contribution < 1.29 is 19.4 Å². The van der Waals surface area contributed by atoms with E-state index in [0.717, 1.165) is 17.3 Å². The summed E-state index contributed by atoms with van der Waals surface area (Å²) in [5.41, 5.74) is 2.01. The SMILES string of the molecule is N#Cc1ccccc1COc1ccccc1/C=C1/SC(=S)N(CCC(=O)O)C1=O. The van der Waals surface area contributed by atoms with Gasteiger partial charge in [0, 0.05) is 17.7 Å². The number of aliphatic carboxylic acids is 1. The summed E-state index contributed by atoms with van der Waals surface area (Å²) in [6, 6.07) is 16.6. The fourth-order valence-corrected chi connectivity index (χ4v) is 3.98. The molecule has 1 saturated heterocycles. The number of carboxylic acids is 1. The molecule has 0 saturated carbocycles. The molecule has 2 aromatic carbocycles. The lowest BCUT2D eigenvalue weighted by Crippen LogP contribution is -2.30. The van der Waals surface area contributed by atoms with Gasteiger partial charge in [0.2, 0.25) is 0 Å². The van der Waals surface area contributed by atoms with Gasteiger partial charge in [0.1, 0.15) is 16.7 Å². The number of thiocarbonyl (C=S) groups is 1. The van der Waals surface area contributed by atoms with Crippen LogP contribution in [0, 0.1) is 11.3 Å². The van der Waals surface area contributed by atoms with Crippen LogP contribution in [0.2, 0.25) is 0 Å². The van der Waals surface area contributed by atoms with Crippen LogP contribution in [0.25, 0.3) is 6.08 Å². The number of nitrogens with zero attached hydrogens (tertiary/aromatic N) is 2. The Morgan fingerprint density at radius 2 is 1.97 bits per heavy atom. The maximum atomic E-state index is 12.6. The Labute approximate surface area is 177 Å². The molecular weight excluding hydrogens is 408 g/mol. The number of carbonyl (C=O) groups is 2. The van der Waals surface area contributed by atoms with Gasteiger partial charge in [-0.3, -0.25) is 14.5 Å². The molecule has 0 aliphatic carbocycles. The first-order valence-corrected chi connectivity index (χ1v) is 9.89. The average molecular weight is 425 g/mol. The Hall–Kier alpha value is -3.15. The highest BCUT2D eigenvalue weighted by Gasteiger charge is 2.32. The topological polar surface area (TPSA) is 90.6 Å². The van der Waals surface area contributed by atoms with E-state index in [0.29, 0.717) is 26.1 Å². The number of amides is 1. The van der Waals surface area contributed by atoms with Crippen molar-refractivity contribution in [1.82, 2.24) is 4.90 Å². The fourth-order valence-electron chi connectivity index (χ4n) is 2.68. The zero-order valence-electron chi connectivity index (χ0n) is 15.2. The third kappa shape index (κ3) is 5.02. The molecule has 29 heavy (non-hydrogen) atoms. The van der Waals surface area contributed by atoms with Crippen molar-refractivity contribution in [1.29, 1.82) is 5.26 Å². The monoisotopic (exact) mass is 424 g/mol. The first-order valence-electron chi connectivity index (χ1n) is 8.66. The largest absolute Gasteiger partial charge is 0.488 e. The molecule has 1 aliphatic rings. The molecule has 0 atom stereocenters. The van der Waals surface area contributed by atoms with E-state index < -0.39 is 5.97 Å². The van der Waals surface area contributed by atoms with Crippen LogP contribution in [0.3, 0.4) is 0 Å². The van der Waals surface area contributed by atoms with Gasteiger partial charge >= 0.3 is 5.97 Å². The minimum absolute atomic E-state index is 0.0421. The molecule has 0 aromatic heterocycles. The number of hydrogen-bond donors (Lipinski definition) is 1. The number of carbonyl (C=O) groups excluding carboxylic acids is 1. The lowest BCUT2D eigenvalue weighted by atomic mass is 10.1. The second kappa shape index (κ2) is 9.37. The number of hydrogen-bond acceptors (Lipinski definition) is 6. The van der Waals surface area contributed by atoms with Gasteiger partial charge in [0.05, 0.1) is 23.0 Å². The molecular formula is C21H16N2O4S2. The zero-order chi connectivity index (χ0) is 20.8. The normalized spacial score (nSPS) is 14.9. The quantitative estimate of drug-likeness (QED) is 0.534. The minimum Gasteiger partial charge on any atom is -0.488 e. The highest BCUT2D eigenvalue weighted by atomic mass is 32.2. The van der Waals surface area contributed by atoms with Crippen molar-refractivity contribution in [2.45, 2.75) is 13.0 Å². The maximum Gasteiger partial charge on any atom is 0.305 e. The Morgan fingerprint density at radius 1 is 1.24 bits per heavy atom. The van der Waals surface area contributed by atoms with Crippen LogP contribution in [0.15, 0.2) is 53.4 Å². The van der Waals surface area contributed by atoms with E-state index in [-0.39, 0.29) is 25.5 Å². The van der Waals surface area contributed by atoms with E-state index in [4.69, 9.17) is 22.1 Å². The van der Waals surface area contributed by atoms with Crippen LogP contribution in [-0.4, -0.2) is 32.7 Å². The van der Waals surface area contributed by atoms with E-state index in [9.17, 15) is 14.9 Å². The van der Waals surface area contributed by atoms with E-state index >= 15 is 0 Å². The predicted molar refractivity (Wildman–Crippen MR) is 114 cm³/mol. The summed E-state index contributed by atoms with van der Waals surface area (Å²) in [6.07, 6.45) is 1.52. The van der Waals surface area contributed by atoms with Gasteiger partial charge in [-0.2, -0.15) is 5.26 Å². The summed E-state index contributed by atoms with van der Waals surface area (Å²) in [5, 5.41) is 18.0. The van der Waals surface area contributed by atoms with Crippen LogP contribution in [0.5, 0.6) is 5.75 Å². The number of carboxylic acid groups (broad SMARTS) is 1. The molecule has 1 heterocycles. The van der Waals surface area contributed by atoms with Gasteiger partial charge in [0.25, 0.3) is 5.91 Å². The molecule has 0 radical (unpaired) electrons. The summed E-state index contributed by atoms with van der Waals surface area (Å²) >= 11 is 6.35. The minimum atomic E-state index is -0.987. The molecule has 1 N–H and O–H groups in total. The number of ether oxygens (including phenoxy) is 1. The maximum absolute atomic E-state index is 12.6. The molecule has 6 nitrogen and oxygen atoms in total. The summed E-state index contributed by atoms with van der Waals surface area (Å²) in [7, 11) is 0. The van der Waals surface area contributed by atoms with E-state index in [1.807, 2.05) is 30.3 Å². The van der Waals surface area contributed by atoms with E-state index in [2.05, 4.69) is 6.07 Å². The first-order chi connectivity index (χ1) is 14.0. The predicted octanol–water partition coefficient (Wildman–Crippen LogP) is 3.81. The molecule has 8 heteroatoms. The summed E-state index contributed by atoms with van der Waals surface area (Å²) in [6.45, 7) is 0.259. The number of nitriles is 1. The Kier molecular flexibility index (Phi) is 6.65.